The van der Waals surface area contributed by atoms with E-state index >= 15 is 0 Å². The lowest BCUT2D eigenvalue weighted by molar-refractivity contribution is 0.0792. The Hall–Kier alpha value is -2.40. The molecule has 0 saturated carbocycles. The molecule has 1 aromatic heterocycles. The second kappa shape index (κ2) is 7.87. The maximum absolute atomic E-state index is 12.6. The van der Waals surface area contributed by atoms with Gasteiger partial charge < -0.3 is 9.80 Å². The van der Waals surface area contributed by atoms with Gasteiger partial charge in [-0.1, -0.05) is 30.3 Å². The fourth-order valence-corrected chi connectivity index (χ4v) is 3.83. The lowest BCUT2D eigenvalue weighted by Gasteiger charge is -2.36. The number of hydrogen-bond donors (Lipinski definition) is 0. The molecule has 5 heteroatoms. The minimum absolute atomic E-state index is 0.125. The predicted octanol–water partition coefficient (Wildman–Crippen LogP) is 2.64. The van der Waals surface area contributed by atoms with E-state index < -0.39 is 0 Å². The van der Waals surface area contributed by atoms with E-state index in [0.717, 1.165) is 69.9 Å². The number of likely N-dealkylation sites (tertiary alicyclic amines) is 1. The molecule has 2 aliphatic heterocycles. The third kappa shape index (κ3) is 3.88. The molecule has 0 atom stereocenters. The van der Waals surface area contributed by atoms with Crippen molar-refractivity contribution in [2.45, 2.75) is 19.4 Å². The van der Waals surface area contributed by atoms with Gasteiger partial charge in [0.05, 0.1) is 17.4 Å². The average Bonchev–Trinajstić information content (AvgIpc) is 3.24. The second-order valence-electron chi connectivity index (χ2n) is 7.18. The molecule has 1 aromatic carbocycles. The van der Waals surface area contributed by atoms with Crippen molar-refractivity contribution in [3.8, 4) is 0 Å². The van der Waals surface area contributed by atoms with E-state index in [4.69, 9.17) is 0 Å². The van der Waals surface area contributed by atoms with E-state index in [1.807, 2.05) is 17.2 Å². The largest absolute Gasteiger partial charge is 0.368 e. The van der Waals surface area contributed by atoms with Crippen molar-refractivity contribution in [3.05, 3.63) is 59.9 Å². The van der Waals surface area contributed by atoms with E-state index in [2.05, 4.69) is 45.1 Å². The number of piperazine rings is 1. The van der Waals surface area contributed by atoms with E-state index in [0.29, 0.717) is 0 Å². The normalized spacial score (nSPS) is 18.3. The molecule has 0 aliphatic carbocycles. The molecule has 1 amide bonds. The summed E-state index contributed by atoms with van der Waals surface area (Å²) in [6.45, 7) is 6.74. The molecule has 5 nitrogen and oxygen atoms in total. The summed E-state index contributed by atoms with van der Waals surface area (Å²) in [5.74, 6) is 0.125. The summed E-state index contributed by atoms with van der Waals surface area (Å²) < 4.78 is 0. The van der Waals surface area contributed by atoms with Crippen LogP contribution in [0.5, 0.6) is 0 Å². The van der Waals surface area contributed by atoms with E-state index in [1.54, 1.807) is 6.20 Å². The monoisotopic (exact) mass is 350 g/mol. The Morgan fingerprint density at radius 3 is 2.38 bits per heavy atom. The molecule has 2 saturated heterocycles. The minimum Gasteiger partial charge on any atom is -0.368 e. The highest BCUT2D eigenvalue weighted by molar-refractivity contribution is 5.95. The Kier molecular flexibility index (Phi) is 5.16. The highest BCUT2D eigenvalue weighted by Crippen LogP contribution is 2.20. The van der Waals surface area contributed by atoms with Crippen LogP contribution < -0.4 is 4.90 Å². The highest BCUT2D eigenvalue weighted by Gasteiger charge is 2.22. The van der Waals surface area contributed by atoms with Gasteiger partial charge in [0.1, 0.15) is 0 Å². The molecule has 0 radical (unpaired) electrons. The Labute approximate surface area is 155 Å². The van der Waals surface area contributed by atoms with Crippen LogP contribution in [-0.2, 0) is 6.54 Å². The Balaban J connectivity index is 1.37. The van der Waals surface area contributed by atoms with Gasteiger partial charge in [0.2, 0.25) is 0 Å². The van der Waals surface area contributed by atoms with Crippen LogP contribution in [0.4, 0.5) is 5.69 Å². The van der Waals surface area contributed by atoms with Crippen molar-refractivity contribution in [2.24, 2.45) is 0 Å². The first-order valence-electron chi connectivity index (χ1n) is 9.55. The minimum atomic E-state index is 0.125. The first kappa shape index (κ1) is 17.0. The topological polar surface area (TPSA) is 39.7 Å². The van der Waals surface area contributed by atoms with Gasteiger partial charge in [-0.05, 0) is 24.5 Å². The summed E-state index contributed by atoms with van der Waals surface area (Å²) >= 11 is 0. The van der Waals surface area contributed by atoms with Crippen LogP contribution in [0.3, 0.4) is 0 Å². The third-order valence-corrected chi connectivity index (χ3v) is 5.35. The van der Waals surface area contributed by atoms with Crippen LogP contribution in [0.1, 0.15) is 28.8 Å². The van der Waals surface area contributed by atoms with Gasteiger partial charge in [-0.15, -0.1) is 0 Å². The number of hydrogen-bond acceptors (Lipinski definition) is 4. The number of benzene rings is 1. The van der Waals surface area contributed by atoms with Crippen LogP contribution in [0.2, 0.25) is 0 Å². The lowest BCUT2D eigenvalue weighted by Crippen LogP contribution is -2.46. The first-order valence-corrected chi connectivity index (χ1v) is 9.55. The number of pyridine rings is 1. The fourth-order valence-electron chi connectivity index (χ4n) is 3.83. The summed E-state index contributed by atoms with van der Waals surface area (Å²) in [6, 6.07) is 12.6. The standard InChI is InChI=1S/C21H26N4O/c26-21(25-8-4-5-9-25)19-14-20(16-22-15-19)24-12-10-23(11-13-24)17-18-6-2-1-3-7-18/h1-3,6-7,14-16H,4-5,8-13,17H2. The SMILES string of the molecule is O=C(c1cncc(N2CCN(Cc3ccccc3)CC2)c1)N1CCCC1. The zero-order valence-corrected chi connectivity index (χ0v) is 15.2. The van der Waals surface area contributed by atoms with Crippen molar-refractivity contribution in [1.29, 1.82) is 0 Å². The van der Waals surface area contributed by atoms with Gasteiger partial charge in [-0.3, -0.25) is 14.7 Å². The van der Waals surface area contributed by atoms with Gasteiger partial charge in [0.25, 0.3) is 5.91 Å². The van der Waals surface area contributed by atoms with Crippen LogP contribution in [0.15, 0.2) is 48.8 Å². The molecule has 0 bridgehead atoms. The maximum atomic E-state index is 12.6. The molecular formula is C21H26N4O. The molecule has 2 fully saturated rings. The predicted molar refractivity (Wildman–Crippen MR) is 103 cm³/mol. The van der Waals surface area contributed by atoms with Crippen molar-refractivity contribution in [2.75, 3.05) is 44.2 Å². The summed E-state index contributed by atoms with van der Waals surface area (Å²) in [5.41, 5.74) is 3.14. The molecule has 2 aliphatic rings. The summed E-state index contributed by atoms with van der Waals surface area (Å²) in [5, 5.41) is 0. The lowest BCUT2D eigenvalue weighted by atomic mass is 10.2. The average molecular weight is 350 g/mol. The van der Waals surface area contributed by atoms with Gasteiger partial charge in [-0.25, -0.2) is 0 Å². The number of carbonyl (C=O) groups is 1. The van der Waals surface area contributed by atoms with Gasteiger partial charge in [-0.2, -0.15) is 0 Å². The van der Waals surface area contributed by atoms with Gasteiger partial charge >= 0.3 is 0 Å². The first-order chi connectivity index (χ1) is 12.8. The summed E-state index contributed by atoms with van der Waals surface area (Å²) in [7, 11) is 0. The Morgan fingerprint density at radius 2 is 1.65 bits per heavy atom. The molecule has 0 spiro atoms. The van der Waals surface area contributed by atoms with Crippen LogP contribution in [0, 0.1) is 0 Å². The van der Waals surface area contributed by atoms with E-state index in [-0.39, 0.29) is 5.91 Å². The summed E-state index contributed by atoms with van der Waals surface area (Å²) in [6.07, 6.45) is 5.81. The van der Waals surface area contributed by atoms with Crippen molar-refractivity contribution < 1.29 is 4.79 Å². The quantitative estimate of drug-likeness (QED) is 0.850. The maximum Gasteiger partial charge on any atom is 0.255 e. The Morgan fingerprint density at radius 1 is 0.923 bits per heavy atom. The van der Waals surface area contributed by atoms with Crippen LogP contribution >= 0.6 is 0 Å². The molecule has 0 N–H and O–H groups in total. The zero-order valence-electron chi connectivity index (χ0n) is 15.2. The van der Waals surface area contributed by atoms with Crippen LogP contribution in [0.25, 0.3) is 0 Å². The molecule has 0 unspecified atom stereocenters. The van der Waals surface area contributed by atoms with Crippen molar-refractivity contribution >= 4 is 11.6 Å². The van der Waals surface area contributed by atoms with E-state index in [1.165, 1.54) is 5.56 Å². The fraction of sp³-hybridized carbons (Fsp3) is 0.429. The van der Waals surface area contributed by atoms with Crippen LogP contribution in [-0.4, -0.2) is 60.0 Å². The van der Waals surface area contributed by atoms with E-state index in [9.17, 15) is 4.79 Å². The number of amides is 1. The molecular weight excluding hydrogens is 324 g/mol. The second-order valence-corrected chi connectivity index (χ2v) is 7.18. The molecule has 136 valence electrons. The molecule has 26 heavy (non-hydrogen) atoms. The molecule has 3 heterocycles. The number of nitrogens with zero attached hydrogens (tertiary/aromatic N) is 4. The van der Waals surface area contributed by atoms with Crippen molar-refractivity contribution in [3.63, 3.8) is 0 Å². The Bertz CT molecular complexity index is 735. The molecule has 4 rings (SSSR count). The third-order valence-electron chi connectivity index (χ3n) is 5.35. The number of anilines is 1. The number of aromatic nitrogens is 1. The number of rotatable bonds is 4. The zero-order chi connectivity index (χ0) is 17.8. The van der Waals surface area contributed by atoms with Crippen molar-refractivity contribution in [1.82, 2.24) is 14.8 Å². The highest BCUT2D eigenvalue weighted by atomic mass is 16.2. The van der Waals surface area contributed by atoms with Gasteiger partial charge in [0, 0.05) is 52.0 Å². The van der Waals surface area contributed by atoms with Gasteiger partial charge in [0.15, 0.2) is 0 Å². The summed E-state index contributed by atoms with van der Waals surface area (Å²) in [4.78, 5) is 23.7. The molecule has 2 aromatic rings. The number of carbonyl (C=O) groups excluding carboxylic acids is 1. The smallest absolute Gasteiger partial charge is 0.255 e.